The van der Waals surface area contributed by atoms with Gasteiger partial charge in [-0.05, 0) is 96.6 Å². The van der Waals surface area contributed by atoms with Gasteiger partial charge in [0, 0.05) is 33.7 Å². The van der Waals surface area contributed by atoms with E-state index in [-0.39, 0.29) is 12.5 Å². The third kappa shape index (κ3) is 4.51. The highest BCUT2D eigenvalue weighted by atomic mass is 127. The number of rotatable bonds is 4. The Morgan fingerprint density at radius 2 is 1.88 bits per heavy atom. The average Bonchev–Trinajstić information content (AvgIpc) is 3.20. The first-order valence-corrected chi connectivity index (χ1v) is 12.2. The van der Waals surface area contributed by atoms with Crippen LogP contribution in [-0.2, 0) is 14.3 Å². The number of aromatic nitrogens is 1. The lowest BCUT2D eigenvalue weighted by atomic mass is 10.2. The van der Waals surface area contributed by atoms with Gasteiger partial charge < -0.3 is 14.2 Å². The van der Waals surface area contributed by atoms with Crippen LogP contribution in [0.15, 0.2) is 29.2 Å². The fourth-order valence-corrected chi connectivity index (χ4v) is 5.09. The molecule has 0 N–H and O–H groups in total. The predicted octanol–water partition coefficient (Wildman–Crippen LogP) is 3.90. The quantitative estimate of drug-likeness (QED) is 0.416. The second kappa shape index (κ2) is 9.40. The summed E-state index contributed by atoms with van der Waals surface area (Å²) in [4.78, 5) is 40.9. The van der Waals surface area contributed by atoms with Crippen LogP contribution in [0.5, 0.6) is 0 Å². The van der Waals surface area contributed by atoms with E-state index in [9.17, 15) is 14.4 Å². The van der Waals surface area contributed by atoms with Gasteiger partial charge in [0.25, 0.3) is 11.1 Å². The van der Waals surface area contributed by atoms with Gasteiger partial charge >= 0.3 is 0 Å². The summed E-state index contributed by atoms with van der Waals surface area (Å²) < 4.78 is 8.60. The van der Waals surface area contributed by atoms with E-state index >= 15 is 0 Å². The lowest BCUT2D eigenvalue weighted by molar-refractivity contribution is -0.139. The molecular formula is C23H24IN3O4S. The molecule has 2 aliphatic rings. The molecule has 0 unspecified atom stereocenters. The SMILES string of the molecule is Cc1cc(-n2c(C)cc(/C=C3\SC(=O)N(CC(=O)N4CCOCC4)C3=O)c2C)ccc1I. The number of halogens is 1. The Morgan fingerprint density at radius 3 is 2.56 bits per heavy atom. The van der Waals surface area contributed by atoms with Crippen molar-refractivity contribution < 1.29 is 19.1 Å². The van der Waals surface area contributed by atoms with Gasteiger partial charge in [-0.15, -0.1) is 0 Å². The van der Waals surface area contributed by atoms with E-state index in [4.69, 9.17) is 4.74 Å². The Balaban J connectivity index is 1.56. The van der Waals surface area contributed by atoms with Crippen molar-refractivity contribution in [3.63, 3.8) is 0 Å². The van der Waals surface area contributed by atoms with Crippen molar-refractivity contribution in [2.75, 3.05) is 32.8 Å². The number of thioether (sulfide) groups is 1. The highest BCUT2D eigenvalue weighted by molar-refractivity contribution is 14.1. The zero-order valence-corrected chi connectivity index (χ0v) is 21.2. The Bertz CT molecular complexity index is 1130. The third-order valence-electron chi connectivity index (χ3n) is 5.69. The molecule has 2 aliphatic heterocycles. The molecule has 4 rings (SSSR count). The molecule has 0 radical (unpaired) electrons. The first-order chi connectivity index (χ1) is 15.3. The molecule has 1 aromatic carbocycles. The van der Waals surface area contributed by atoms with Crippen LogP contribution in [0.4, 0.5) is 4.79 Å². The fraction of sp³-hybridized carbons (Fsp3) is 0.348. The molecule has 2 saturated heterocycles. The number of imide groups is 1. The molecule has 2 fully saturated rings. The van der Waals surface area contributed by atoms with Crippen LogP contribution in [0.3, 0.4) is 0 Å². The normalized spacial score (nSPS) is 18.2. The van der Waals surface area contributed by atoms with E-state index in [0.717, 1.165) is 39.3 Å². The number of benzene rings is 1. The maximum Gasteiger partial charge on any atom is 0.294 e. The van der Waals surface area contributed by atoms with Crippen molar-refractivity contribution in [1.82, 2.24) is 14.4 Å². The van der Waals surface area contributed by atoms with Crippen molar-refractivity contribution in [2.24, 2.45) is 0 Å². The van der Waals surface area contributed by atoms with Crippen LogP contribution in [0.1, 0.15) is 22.5 Å². The Hall–Kier alpha value is -2.11. The van der Waals surface area contributed by atoms with E-state index < -0.39 is 11.1 Å². The second-order valence-electron chi connectivity index (χ2n) is 7.86. The van der Waals surface area contributed by atoms with E-state index in [0.29, 0.717) is 31.2 Å². The minimum Gasteiger partial charge on any atom is -0.378 e. The van der Waals surface area contributed by atoms with Crippen LogP contribution < -0.4 is 0 Å². The smallest absolute Gasteiger partial charge is 0.294 e. The fourth-order valence-electron chi connectivity index (χ4n) is 3.92. The predicted molar refractivity (Wildman–Crippen MR) is 133 cm³/mol. The summed E-state index contributed by atoms with van der Waals surface area (Å²) in [5, 5.41) is -0.412. The second-order valence-corrected chi connectivity index (χ2v) is 10.0. The van der Waals surface area contributed by atoms with Crippen LogP contribution in [0, 0.1) is 24.3 Å². The molecule has 0 bridgehead atoms. The summed E-state index contributed by atoms with van der Waals surface area (Å²) in [6.45, 7) is 7.77. The maximum atomic E-state index is 12.9. The van der Waals surface area contributed by atoms with Gasteiger partial charge in [0.05, 0.1) is 18.1 Å². The van der Waals surface area contributed by atoms with E-state index in [2.05, 4.69) is 52.3 Å². The molecule has 0 aliphatic carbocycles. The number of nitrogens with zero attached hydrogens (tertiary/aromatic N) is 3. The van der Waals surface area contributed by atoms with Crippen molar-refractivity contribution >= 4 is 57.5 Å². The molecule has 9 heteroatoms. The standard InChI is InChI=1S/C23H24IN3O4S/c1-14-10-18(4-5-19(14)24)27-15(2)11-17(16(27)3)12-20-22(29)26(23(30)32-20)13-21(28)25-6-8-31-9-7-25/h4-5,10-12H,6-9,13H2,1-3H3/b20-12-. The van der Waals surface area contributed by atoms with Gasteiger partial charge in [-0.1, -0.05) is 0 Å². The molecule has 2 aromatic rings. The average molecular weight is 565 g/mol. The number of aryl methyl sites for hydroxylation is 2. The summed E-state index contributed by atoms with van der Waals surface area (Å²) in [5.74, 6) is -0.652. The molecule has 7 nitrogen and oxygen atoms in total. The zero-order chi connectivity index (χ0) is 23.0. The molecule has 3 heterocycles. The molecule has 1 aromatic heterocycles. The summed E-state index contributed by atoms with van der Waals surface area (Å²) in [6.07, 6.45) is 1.75. The largest absolute Gasteiger partial charge is 0.378 e. The van der Waals surface area contributed by atoms with Crippen molar-refractivity contribution in [2.45, 2.75) is 20.8 Å². The van der Waals surface area contributed by atoms with Crippen molar-refractivity contribution in [1.29, 1.82) is 0 Å². The number of amides is 3. The Labute approximate surface area is 204 Å². The molecule has 0 saturated carbocycles. The van der Waals surface area contributed by atoms with Crippen LogP contribution in [0.2, 0.25) is 0 Å². The van der Waals surface area contributed by atoms with Crippen LogP contribution in [-0.4, -0.2) is 64.3 Å². The molecule has 0 atom stereocenters. The Morgan fingerprint density at radius 1 is 1.16 bits per heavy atom. The molecule has 168 valence electrons. The van der Waals surface area contributed by atoms with Gasteiger partial charge in [-0.3, -0.25) is 19.3 Å². The van der Waals surface area contributed by atoms with Crippen molar-refractivity contribution in [3.05, 3.63) is 55.3 Å². The number of morpholine rings is 1. The van der Waals surface area contributed by atoms with Gasteiger partial charge in [-0.25, -0.2) is 0 Å². The van der Waals surface area contributed by atoms with Gasteiger partial charge in [0.2, 0.25) is 5.91 Å². The highest BCUT2D eigenvalue weighted by Crippen LogP contribution is 2.34. The molecular weight excluding hydrogens is 541 g/mol. The zero-order valence-electron chi connectivity index (χ0n) is 18.2. The maximum absolute atomic E-state index is 12.9. The Kier molecular flexibility index (Phi) is 6.78. The van der Waals surface area contributed by atoms with Crippen LogP contribution in [0.25, 0.3) is 11.8 Å². The van der Waals surface area contributed by atoms with E-state index in [1.165, 1.54) is 9.13 Å². The summed E-state index contributed by atoms with van der Waals surface area (Å²) in [5.41, 5.74) is 5.16. The number of carbonyl (C=O) groups excluding carboxylic acids is 3. The molecule has 0 spiro atoms. The lowest BCUT2D eigenvalue weighted by Crippen LogP contribution is -2.46. The summed E-state index contributed by atoms with van der Waals surface area (Å²) >= 11 is 3.20. The molecule has 32 heavy (non-hydrogen) atoms. The van der Waals surface area contributed by atoms with Crippen LogP contribution >= 0.6 is 34.4 Å². The number of ether oxygens (including phenoxy) is 1. The minimum atomic E-state index is -0.420. The number of carbonyl (C=O) groups is 3. The highest BCUT2D eigenvalue weighted by Gasteiger charge is 2.37. The number of hydrogen-bond donors (Lipinski definition) is 0. The van der Waals surface area contributed by atoms with E-state index in [1.807, 2.05) is 19.9 Å². The van der Waals surface area contributed by atoms with Gasteiger partial charge in [-0.2, -0.15) is 0 Å². The first-order valence-electron chi connectivity index (χ1n) is 10.3. The van der Waals surface area contributed by atoms with Crippen molar-refractivity contribution in [3.8, 4) is 5.69 Å². The first kappa shape index (κ1) is 23.1. The summed E-state index contributed by atoms with van der Waals surface area (Å²) in [6, 6.07) is 8.30. The van der Waals surface area contributed by atoms with E-state index in [1.54, 1.807) is 11.0 Å². The summed E-state index contributed by atoms with van der Waals surface area (Å²) in [7, 11) is 0. The topological polar surface area (TPSA) is 71.8 Å². The van der Waals surface area contributed by atoms with Gasteiger partial charge in [0.15, 0.2) is 0 Å². The minimum absolute atomic E-state index is 0.232. The lowest BCUT2D eigenvalue weighted by Gasteiger charge is -2.28. The van der Waals surface area contributed by atoms with Gasteiger partial charge in [0.1, 0.15) is 6.54 Å². The monoisotopic (exact) mass is 565 g/mol. The third-order valence-corrected chi connectivity index (χ3v) is 7.81. The molecule has 3 amide bonds. The number of hydrogen-bond acceptors (Lipinski definition) is 5.